The normalized spacial score (nSPS) is 14.3. The molecule has 0 bridgehead atoms. The van der Waals surface area contributed by atoms with Crippen molar-refractivity contribution in [3.8, 4) is 11.3 Å². The van der Waals surface area contributed by atoms with Crippen LogP contribution >= 0.6 is 0 Å². The summed E-state index contributed by atoms with van der Waals surface area (Å²) in [4.78, 5) is 9.03. The average molecular weight is 238 g/mol. The number of rotatable bonds is 1. The maximum atomic E-state index is 4.63. The molecule has 3 rings (SSSR count). The zero-order chi connectivity index (χ0) is 12.5. The number of aryl methyl sites for hydroxylation is 4. The molecule has 0 saturated carbocycles. The third-order valence-electron chi connectivity index (χ3n) is 3.70. The van der Waals surface area contributed by atoms with Crippen molar-refractivity contribution in [2.24, 2.45) is 0 Å². The highest BCUT2D eigenvalue weighted by atomic mass is 14.8. The Hall–Kier alpha value is -1.70. The molecule has 0 unspecified atom stereocenters. The number of nitrogens with zero attached hydrogens (tertiary/aromatic N) is 2. The lowest BCUT2D eigenvalue weighted by Gasteiger charge is -2.16. The van der Waals surface area contributed by atoms with Gasteiger partial charge in [-0.1, -0.05) is 12.1 Å². The topological polar surface area (TPSA) is 25.8 Å². The second-order valence-electron chi connectivity index (χ2n) is 5.14. The molecule has 0 fully saturated rings. The van der Waals surface area contributed by atoms with Crippen molar-refractivity contribution in [2.75, 3.05) is 0 Å². The molecular formula is C16H18N2. The van der Waals surface area contributed by atoms with Crippen LogP contribution in [0.3, 0.4) is 0 Å². The minimum Gasteiger partial charge on any atom is -0.257 e. The van der Waals surface area contributed by atoms with E-state index in [1.807, 2.05) is 20.0 Å². The Labute approximate surface area is 108 Å². The summed E-state index contributed by atoms with van der Waals surface area (Å²) in [6.07, 6.45) is 6.91. The van der Waals surface area contributed by atoms with Crippen molar-refractivity contribution in [3.05, 3.63) is 46.9 Å². The molecule has 0 aliphatic heterocycles. The number of hydrogen-bond acceptors (Lipinski definition) is 2. The van der Waals surface area contributed by atoms with E-state index in [1.165, 1.54) is 42.4 Å². The molecule has 18 heavy (non-hydrogen) atoms. The van der Waals surface area contributed by atoms with Crippen molar-refractivity contribution in [1.82, 2.24) is 9.97 Å². The van der Waals surface area contributed by atoms with Gasteiger partial charge in [-0.2, -0.15) is 0 Å². The first-order valence-electron chi connectivity index (χ1n) is 6.66. The van der Waals surface area contributed by atoms with Crippen LogP contribution in [0.4, 0.5) is 0 Å². The lowest BCUT2D eigenvalue weighted by molar-refractivity contribution is 0.686. The summed E-state index contributed by atoms with van der Waals surface area (Å²) in [5.41, 5.74) is 7.25. The number of benzene rings is 1. The second-order valence-corrected chi connectivity index (χ2v) is 5.14. The van der Waals surface area contributed by atoms with Crippen LogP contribution in [0.5, 0.6) is 0 Å². The first-order valence-corrected chi connectivity index (χ1v) is 6.66. The molecular weight excluding hydrogens is 220 g/mol. The predicted octanol–water partition coefficient (Wildman–Crippen LogP) is 3.64. The Kier molecular flexibility index (Phi) is 2.86. The van der Waals surface area contributed by atoms with Gasteiger partial charge in [-0.05, 0) is 56.7 Å². The summed E-state index contributed by atoms with van der Waals surface area (Å²) in [7, 11) is 0. The molecule has 0 spiro atoms. The van der Waals surface area contributed by atoms with Crippen LogP contribution in [0.2, 0.25) is 0 Å². The summed E-state index contributed by atoms with van der Waals surface area (Å²) in [6, 6.07) is 6.78. The molecule has 1 aliphatic carbocycles. The second kappa shape index (κ2) is 4.52. The van der Waals surface area contributed by atoms with Crippen molar-refractivity contribution in [1.29, 1.82) is 0 Å². The van der Waals surface area contributed by atoms with Crippen LogP contribution in [-0.4, -0.2) is 9.97 Å². The van der Waals surface area contributed by atoms with Gasteiger partial charge in [0, 0.05) is 11.8 Å². The smallest absolute Gasteiger partial charge is 0.0917 e. The molecule has 1 aromatic heterocycles. The molecule has 0 atom stereocenters. The van der Waals surface area contributed by atoms with Gasteiger partial charge in [-0.15, -0.1) is 0 Å². The number of fused-ring (bicyclic) bond motifs is 1. The highest BCUT2D eigenvalue weighted by molar-refractivity contribution is 5.63. The standard InChI is InChI=1S/C16H18N2/c1-11-10-17-12(2)16(18-11)15-8-7-13-5-3-4-6-14(13)9-15/h7-10H,3-6H2,1-2H3. The lowest BCUT2D eigenvalue weighted by Crippen LogP contribution is -2.03. The molecule has 0 saturated heterocycles. The van der Waals surface area contributed by atoms with E-state index in [2.05, 4.69) is 28.2 Å². The number of aromatic nitrogens is 2. The van der Waals surface area contributed by atoms with Crippen molar-refractivity contribution >= 4 is 0 Å². The molecule has 0 amide bonds. The monoisotopic (exact) mass is 238 g/mol. The van der Waals surface area contributed by atoms with Gasteiger partial charge >= 0.3 is 0 Å². The van der Waals surface area contributed by atoms with Gasteiger partial charge in [-0.25, -0.2) is 4.98 Å². The SMILES string of the molecule is Cc1cnc(C)c(-c2ccc3c(c2)CCCC3)n1. The Balaban J connectivity index is 2.09. The lowest BCUT2D eigenvalue weighted by atomic mass is 9.90. The van der Waals surface area contributed by atoms with Gasteiger partial charge in [0.1, 0.15) is 0 Å². The highest BCUT2D eigenvalue weighted by Gasteiger charge is 2.12. The maximum Gasteiger partial charge on any atom is 0.0917 e. The summed E-state index contributed by atoms with van der Waals surface area (Å²) in [5.74, 6) is 0. The molecule has 1 aliphatic rings. The molecule has 2 nitrogen and oxygen atoms in total. The summed E-state index contributed by atoms with van der Waals surface area (Å²) in [5, 5.41) is 0. The third kappa shape index (κ3) is 2.03. The van der Waals surface area contributed by atoms with Gasteiger partial charge in [0.2, 0.25) is 0 Å². The summed E-state index contributed by atoms with van der Waals surface area (Å²) in [6.45, 7) is 4.02. The summed E-state index contributed by atoms with van der Waals surface area (Å²) >= 11 is 0. The molecule has 0 N–H and O–H groups in total. The van der Waals surface area contributed by atoms with E-state index in [-0.39, 0.29) is 0 Å². The molecule has 1 heterocycles. The van der Waals surface area contributed by atoms with Crippen molar-refractivity contribution in [3.63, 3.8) is 0 Å². The first-order chi connectivity index (χ1) is 8.74. The van der Waals surface area contributed by atoms with E-state index < -0.39 is 0 Å². The van der Waals surface area contributed by atoms with Gasteiger partial charge in [0.05, 0.1) is 17.1 Å². The van der Waals surface area contributed by atoms with Crippen LogP contribution in [-0.2, 0) is 12.8 Å². The van der Waals surface area contributed by atoms with E-state index in [9.17, 15) is 0 Å². The van der Waals surface area contributed by atoms with Gasteiger partial charge < -0.3 is 0 Å². The maximum absolute atomic E-state index is 4.63. The minimum absolute atomic E-state index is 0.980. The van der Waals surface area contributed by atoms with Crippen LogP contribution in [0.15, 0.2) is 24.4 Å². The highest BCUT2D eigenvalue weighted by Crippen LogP contribution is 2.27. The van der Waals surface area contributed by atoms with Gasteiger partial charge in [0.15, 0.2) is 0 Å². The van der Waals surface area contributed by atoms with Gasteiger partial charge in [0.25, 0.3) is 0 Å². The minimum atomic E-state index is 0.980. The Bertz CT molecular complexity index is 588. The Morgan fingerprint density at radius 3 is 2.61 bits per heavy atom. The molecule has 2 aromatic rings. The van der Waals surface area contributed by atoms with Crippen LogP contribution < -0.4 is 0 Å². The molecule has 2 heteroatoms. The number of hydrogen-bond donors (Lipinski definition) is 0. The fourth-order valence-corrected chi connectivity index (χ4v) is 2.69. The van der Waals surface area contributed by atoms with Crippen LogP contribution in [0, 0.1) is 13.8 Å². The summed E-state index contributed by atoms with van der Waals surface area (Å²) < 4.78 is 0. The van der Waals surface area contributed by atoms with E-state index in [1.54, 1.807) is 0 Å². The first kappa shape index (κ1) is 11.4. The van der Waals surface area contributed by atoms with Crippen molar-refractivity contribution in [2.45, 2.75) is 39.5 Å². The quantitative estimate of drug-likeness (QED) is 0.758. The predicted molar refractivity (Wildman–Crippen MR) is 73.6 cm³/mol. The van der Waals surface area contributed by atoms with E-state index in [0.29, 0.717) is 0 Å². The van der Waals surface area contributed by atoms with E-state index in [0.717, 1.165) is 17.1 Å². The molecule has 92 valence electrons. The fourth-order valence-electron chi connectivity index (χ4n) is 2.69. The largest absolute Gasteiger partial charge is 0.257 e. The molecule has 0 radical (unpaired) electrons. The zero-order valence-electron chi connectivity index (χ0n) is 11.0. The van der Waals surface area contributed by atoms with Crippen LogP contribution in [0.25, 0.3) is 11.3 Å². The van der Waals surface area contributed by atoms with E-state index in [4.69, 9.17) is 0 Å². The van der Waals surface area contributed by atoms with Crippen molar-refractivity contribution < 1.29 is 0 Å². The van der Waals surface area contributed by atoms with E-state index >= 15 is 0 Å². The average Bonchev–Trinajstić information content (AvgIpc) is 2.41. The Morgan fingerprint density at radius 1 is 1.00 bits per heavy atom. The zero-order valence-corrected chi connectivity index (χ0v) is 11.0. The third-order valence-corrected chi connectivity index (χ3v) is 3.70. The Morgan fingerprint density at radius 2 is 1.78 bits per heavy atom. The van der Waals surface area contributed by atoms with Gasteiger partial charge in [-0.3, -0.25) is 4.98 Å². The van der Waals surface area contributed by atoms with Crippen LogP contribution in [0.1, 0.15) is 35.4 Å². The fraction of sp³-hybridized carbons (Fsp3) is 0.375. The molecule has 1 aromatic carbocycles.